The van der Waals surface area contributed by atoms with Gasteiger partial charge in [-0.15, -0.1) is 11.3 Å². The number of nitrogens with zero attached hydrogens (tertiary/aromatic N) is 2. The minimum absolute atomic E-state index is 0.138. The molecule has 0 aliphatic carbocycles. The molecule has 148 valence electrons. The highest BCUT2D eigenvalue weighted by molar-refractivity contribution is 7.17. The van der Waals surface area contributed by atoms with Crippen LogP contribution in [-0.4, -0.2) is 9.97 Å². The van der Waals surface area contributed by atoms with E-state index in [4.69, 9.17) is 11.6 Å². The molecular formula is C21H15ClF3N3S. The summed E-state index contributed by atoms with van der Waals surface area (Å²) in [4.78, 5) is 9.33. The standard InChI is InChI=1S/C21H15ClF3N3S/c1-11-3-5-14(12(2)7-11)15-9-29-20-18(15)19(26-10-27-20)28-17-8-13(21(23,24)25)4-6-16(17)22/h3-10H,1-2H3,(H,26,27,28). The Morgan fingerprint density at radius 1 is 1.00 bits per heavy atom. The number of halogens is 4. The smallest absolute Gasteiger partial charge is 0.338 e. The number of aromatic nitrogens is 2. The van der Waals surface area contributed by atoms with E-state index in [-0.39, 0.29) is 10.7 Å². The molecule has 4 rings (SSSR count). The zero-order chi connectivity index (χ0) is 20.8. The Kier molecular flexibility index (Phi) is 4.96. The van der Waals surface area contributed by atoms with Gasteiger partial charge >= 0.3 is 6.18 Å². The van der Waals surface area contributed by atoms with Crippen molar-refractivity contribution >= 4 is 44.7 Å². The van der Waals surface area contributed by atoms with Gasteiger partial charge in [0.1, 0.15) is 17.0 Å². The third kappa shape index (κ3) is 3.80. The van der Waals surface area contributed by atoms with Crippen molar-refractivity contribution < 1.29 is 13.2 Å². The number of aryl methyl sites for hydroxylation is 2. The van der Waals surface area contributed by atoms with Crippen molar-refractivity contribution in [3.63, 3.8) is 0 Å². The Balaban J connectivity index is 1.85. The number of hydrogen-bond acceptors (Lipinski definition) is 4. The lowest BCUT2D eigenvalue weighted by atomic mass is 9.99. The Morgan fingerprint density at radius 3 is 2.52 bits per heavy atom. The third-order valence-electron chi connectivity index (χ3n) is 4.59. The van der Waals surface area contributed by atoms with Gasteiger partial charge in [-0.3, -0.25) is 0 Å². The van der Waals surface area contributed by atoms with Crippen LogP contribution in [0, 0.1) is 13.8 Å². The van der Waals surface area contributed by atoms with Gasteiger partial charge in [0.2, 0.25) is 0 Å². The maximum absolute atomic E-state index is 13.1. The lowest BCUT2D eigenvalue weighted by molar-refractivity contribution is -0.137. The normalized spacial score (nSPS) is 11.8. The molecule has 0 bridgehead atoms. The maximum Gasteiger partial charge on any atom is 0.416 e. The van der Waals surface area contributed by atoms with Crippen LogP contribution in [0.1, 0.15) is 16.7 Å². The van der Waals surface area contributed by atoms with Gasteiger partial charge < -0.3 is 5.32 Å². The topological polar surface area (TPSA) is 37.8 Å². The van der Waals surface area contributed by atoms with E-state index in [0.29, 0.717) is 5.82 Å². The molecule has 29 heavy (non-hydrogen) atoms. The molecule has 2 aromatic heterocycles. The second kappa shape index (κ2) is 7.31. The monoisotopic (exact) mass is 433 g/mol. The molecule has 8 heteroatoms. The minimum atomic E-state index is -4.46. The molecule has 4 aromatic rings. The van der Waals surface area contributed by atoms with Crippen LogP contribution in [0.4, 0.5) is 24.7 Å². The summed E-state index contributed by atoms with van der Waals surface area (Å²) in [6.45, 7) is 4.04. The fraction of sp³-hybridized carbons (Fsp3) is 0.143. The van der Waals surface area contributed by atoms with E-state index in [1.54, 1.807) is 0 Å². The molecule has 0 unspecified atom stereocenters. The Hall–Kier alpha value is -2.64. The summed E-state index contributed by atoms with van der Waals surface area (Å²) < 4.78 is 39.3. The number of benzene rings is 2. The van der Waals surface area contributed by atoms with Crippen molar-refractivity contribution in [2.75, 3.05) is 5.32 Å². The average Bonchev–Trinajstić information content (AvgIpc) is 3.07. The SMILES string of the molecule is Cc1ccc(-c2csc3ncnc(Nc4cc(C(F)(F)F)ccc4Cl)c23)c(C)c1. The van der Waals surface area contributed by atoms with Crippen molar-refractivity contribution in [1.29, 1.82) is 0 Å². The van der Waals surface area contributed by atoms with E-state index in [2.05, 4.69) is 21.4 Å². The lowest BCUT2D eigenvalue weighted by Gasteiger charge is -2.13. The second-order valence-corrected chi connectivity index (χ2v) is 7.95. The number of rotatable bonds is 3. The van der Waals surface area contributed by atoms with Crippen molar-refractivity contribution in [1.82, 2.24) is 9.97 Å². The van der Waals surface area contributed by atoms with Gasteiger partial charge in [0, 0.05) is 10.9 Å². The summed E-state index contributed by atoms with van der Waals surface area (Å²) in [6.07, 6.45) is -3.08. The number of anilines is 2. The molecule has 0 fully saturated rings. The van der Waals surface area contributed by atoms with Crippen LogP contribution in [0.5, 0.6) is 0 Å². The summed E-state index contributed by atoms with van der Waals surface area (Å²) in [6, 6.07) is 9.30. The second-order valence-electron chi connectivity index (χ2n) is 6.69. The van der Waals surface area contributed by atoms with Crippen molar-refractivity contribution in [2.24, 2.45) is 0 Å². The number of alkyl halides is 3. The van der Waals surface area contributed by atoms with Gasteiger partial charge in [-0.05, 0) is 43.2 Å². The molecule has 0 spiro atoms. The fourth-order valence-electron chi connectivity index (χ4n) is 3.21. The Bertz CT molecular complexity index is 1220. The molecule has 2 heterocycles. The predicted octanol–water partition coefficient (Wildman–Crippen LogP) is 7.39. The average molecular weight is 434 g/mol. The van der Waals surface area contributed by atoms with Crippen molar-refractivity contribution in [3.8, 4) is 11.1 Å². The molecule has 3 nitrogen and oxygen atoms in total. The van der Waals surface area contributed by atoms with Crippen LogP contribution < -0.4 is 5.32 Å². The van der Waals surface area contributed by atoms with Crippen molar-refractivity contribution in [2.45, 2.75) is 20.0 Å². The van der Waals surface area contributed by atoms with Gasteiger partial charge in [-0.1, -0.05) is 35.4 Å². The molecule has 2 aromatic carbocycles. The first kappa shape index (κ1) is 19.7. The Labute approximate surface area is 174 Å². The molecular weight excluding hydrogens is 419 g/mol. The van der Waals surface area contributed by atoms with Crippen LogP contribution >= 0.6 is 22.9 Å². The van der Waals surface area contributed by atoms with E-state index < -0.39 is 11.7 Å². The molecule has 1 N–H and O–H groups in total. The molecule has 0 amide bonds. The van der Waals surface area contributed by atoms with E-state index in [9.17, 15) is 13.2 Å². The molecule has 0 saturated carbocycles. The first-order valence-electron chi connectivity index (χ1n) is 8.67. The highest BCUT2D eigenvalue weighted by Crippen LogP contribution is 2.40. The molecule has 0 aliphatic rings. The van der Waals surface area contributed by atoms with Gasteiger partial charge in [-0.2, -0.15) is 13.2 Å². The van der Waals surface area contributed by atoms with Crippen LogP contribution in [0.2, 0.25) is 5.02 Å². The summed E-state index contributed by atoms with van der Waals surface area (Å²) in [5.41, 5.74) is 3.55. The molecule has 0 radical (unpaired) electrons. The van der Waals surface area contributed by atoms with Crippen molar-refractivity contribution in [3.05, 3.63) is 69.8 Å². The predicted molar refractivity (Wildman–Crippen MR) is 112 cm³/mol. The third-order valence-corrected chi connectivity index (χ3v) is 5.81. The minimum Gasteiger partial charge on any atom is -0.338 e. The van der Waals surface area contributed by atoms with Gasteiger partial charge in [0.05, 0.1) is 21.7 Å². The van der Waals surface area contributed by atoms with E-state index in [1.807, 2.05) is 31.4 Å². The number of thiophene rings is 1. The number of hydrogen-bond donors (Lipinski definition) is 1. The zero-order valence-corrected chi connectivity index (χ0v) is 17.0. The quantitative estimate of drug-likeness (QED) is 0.366. The highest BCUT2D eigenvalue weighted by atomic mass is 35.5. The first-order valence-corrected chi connectivity index (χ1v) is 9.93. The van der Waals surface area contributed by atoms with E-state index in [0.717, 1.165) is 44.6 Å². The Morgan fingerprint density at radius 2 is 1.79 bits per heavy atom. The lowest BCUT2D eigenvalue weighted by Crippen LogP contribution is -2.06. The van der Waals surface area contributed by atoms with E-state index >= 15 is 0 Å². The largest absolute Gasteiger partial charge is 0.416 e. The van der Waals surface area contributed by atoms with Gasteiger partial charge in [-0.25, -0.2) is 9.97 Å². The zero-order valence-electron chi connectivity index (χ0n) is 15.4. The van der Waals surface area contributed by atoms with Crippen LogP contribution in [0.25, 0.3) is 21.3 Å². The number of nitrogens with one attached hydrogen (secondary N) is 1. The van der Waals surface area contributed by atoms with Crippen LogP contribution in [-0.2, 0) is 6.18 Å². The molecule has 0 atom stereocenters. The molecule has 0 aliphatic heterocycles. The summed E-state index contributed by atoms with van der Waals surface area (Å²) in [5.74, 6) is 0.410. The van der Waals surface area contributed by atoms with E-state index in [1.165, 1.54) is 23.7 Å². The summed E-state index contributed by atoms with van der Waals surface area (Å²) in [7, 11) is 0. The first-order chi connectivity index (χ1) is 13.7. The van der Waals surface area contributed by atoms with Crippen LogP contribution in [0.3, 0.4) is 0 Å². The summed E-state index contributed by atoms with van der Waals surface area (Å²) in [5, 5.41) is 5.88. The number of fused-ring (bicyclic) bond motifs is 1. The fourth-order valence-corrected chi connectivity index (χ4v) is 4.28. The maximum atomic E-state index is 13.1. The van der Waals surface area contributed by atoms with Gasteiger partial charge in [0.15, 0.2) is 0 Å². The molecule has 0 saturated heterocycles. The highest BCUT2D eigenvalue weighted by Gasteiger charge is 2.31. The van der Waals surface area contributed by atoms with Crippen LogP contribution in [0.15, 0.2) is 48.1 Å². The van der Waals surface area contributed by atoms with Gasteiger partial charge in [0.25, 0.3) is 0 Å². The summed E-state index contributed by atoms with van der Waals surface area (Å²) >= 11 is 7.60.